The van der Waals surface area contributed by atoms with Gasteiger partial charge < -0.3 is 0 Å². The molecule has 0 heterocycles. The average molecular weight is 363 g/mol. The fourth-order valence-electron chi connectivity index (χ4n) is 3.10. The van der Waals surface area contributed by atoms with Gasteiger partial charge >= 0.3 is 0 Å². The van der Waals surface area contributed by atoms with E-state index in [1.165, 1.54) is 30.6 Å². The summed E-state index contributed by atoms with van der Waals surface area (Å²) < 4.78 is 0.247. The first-order chi connectivity index (χ1) is 11.8. The van der Waals surface area contributed by atoms with Gasteiger partial charge in [0, 0.05) is 17.1 Å². The smallest absolute Gasteiger partial charge is 0.0314 e. The van der Waals surface area contributed by atoms with E-state index in [0.717, 1.165) is 19.3 Å². The number of rotatable bonds is 11. The van der Waals surface area contributed by atoms with Crippen LogP contribution in [0.3, 0.4) is 0 Å². The lowest BCUT2D eigenvalue weighted by molar-refractivity contribution is 0.606. The molecule has 0 aliphatic heterocycles. The van der Waals surface area contributed by atoms with E-state index in [4.69, 9.17) is 0 Å². The molecule has 0 fully saturated rings. The van der Waals surface area contributed by atoms with E-state index in [2.05, 4.69) is 91.1 Å². The normalized spacial score (nSPS) is 15.5. The Balaban J connectivity index is 4.74. The zero-order chi connectivity index (χ0) is 19.3. The lowest BCUT2D eigenvalue weighted by Gasteiger charge is -2.32. The summed E-state index contributed by atoms with van der Waals surface area (Å²) in [7, 11) is 0. The number of thioether (sulfide) groups is 1. The highest BCUT2D eigenvalue weighted by Crippen LogP contribution is 2.38. The maximum Gasteiger partial charge on any atom is 0.0314 e. The van der Waals surface area contributed by atoms with Crippen molar-refractivity contribution in [2.24, 2.45) is 11.8 Å². The molecule has 0 radical (unpaired) electrons. The molecule has 0 amide bonds. The summed E-state index contributed by atoms with van der Waals surface area (Å²) in [6, 6.07) is 0. The van der Waals surface area contributed by atoms with E-state index in [0.29, 0.717) is 11.8 Å². The summed E-state index contributed by atoms with van der Waals surface area (Å²) in [5, 5.41) is 0. The van der Waals surface area contributed by atoms with Crippen LogP contribution in [0.5, 0.6) is 0 Å². The van der Waals surface area contributed by atoms with Crippen LogP contribution in [0, 0.1) is 23.7 Å². The van der Waals surface area contributed by atoms with E-state index >= 15 is 0 Å². The highest BCUT2D eigenvalue weighted by molar-refractivity contribution is 8.00. The predicted molar refractivity (Wildman–Crippen MR) is 119 cm³/mol. The SMILES string of the molecule is CCC#CC(C)CC/C(C)=C\CC(C)/C(=C\CC)C(C)(C)SCCC. The lowest BCUT2D eigenvalue weighted by atomic mass is 9.86. The Kier molecular flexibility index (Phi) is 13.2. The Labute approximate surface area is 163 Å². The summed E-state index contributed by atoms with van der Waals surface area (Å²) in [4.78, 5) is 0. The molecule has 0 N–H and O–H groups in total. The second-order valence-corrected chi connectivity index (χ2v) is 9.45. The molecule has 0 bridgehead atoms. The van der Waals surface area contributed by atoms with Crippen LogP contribution in [-0.4, -0.2) is 10.5 Å². The van der Waals surface area contributed by atoms with Crippen LogP contribution in [0.1, 0.15) is 93.9 Å². The Bertz CT molecular complexity index is 470. The van der Waals surface area contributed by atoms with Gasteiger partial charge in [0.2, 0.25) is 0 Å². The minimum Gasteiger partial charge on any atom is -0.151 e. The first-order valence-electron chi connectivity index (χ1n) is 10.3. The van der Waals surface area contributed by atoms with Crippen molar-refractivity contribution >= 4 is 11.8 Å². The van der Waals surface area contributed by atoms with E-state index in [9.17, 15) is 0 Å². The van der Waals surface area contributed by atoms with E-state index in [-0.39, 0.29) is 4.75 Å². The molecule has 0 aromatic rings. The molecule has 25 heavy (non-hydrogen) atoms. The first-order valence-corrected chi connectivity index (χ1v) is 11.2. The van der Waals surface area contributed by atoms with E-state index < -0.39 is 0 Å². The molecule has 144 valence electrons. The third-order valence-electron chi connectivity index (χ3n) is 4.63. The van der Waals surface area contributed by atoms with Crippen molar-refractivity contribution in [3.8, 4) is 11.8 Å². The van der Waals surface area contributed by atoms with Crippen molar-refractivity contribution in [2.45, 2.75) is 98.7 Å². The highest BCUT2D eigenvalue weighted by atomic mass is 32.2. The van der Waals surface area contributed by atoms with E-state index in [1.54, 1.807) is 5.57 Å². The molecule has 2 atom stereocenters. The van der Waals surface area contributed by atoms with Crippen LogP contribution >= 0.6 is 11.8 Å². The third kappa shape index (κ3) is 10.9. The quantitative estimate of drug-likeness (QED) is 0.264. The largest absolute Gasteiger partial charge is 0.151 e. The van der Waals surface area contributed by atoms with Crippen molar-refractivity contribution in [2.75, 3.05) is 5.75 Å². The minimum atomic E-state index is 0.247. The Hall–Kier alpha value is -0.610. The van der Waals surface area contributed by atoms with Gasteiger partial charge in [-0.05, 0) is 64.5 Å². The minimum absolute atomic E-state index is 0.247. The average Bonchev–Trinajstić information content (AvgIpc) is 2.58. The summed E-state index contributed by atoms with van der Waals surface area (Å²) >= 11 is 2.11. The summed E-state index contributed by atoms with van der Waals surface area (Å²) in [5.74, 6) is 8.92. The van der Waals surface area contributed by atoms with Gasteiger partial charge in [0.25, 0.3) is 0 Å². The topological polar surface area (TPSA) is 0 Å². The summed E-state index contributed by atoms with van der Waals surface area (Å²) in [5.41, 5.74) is 3.14. The van der Waals surface area contributed by atoms with Crippen LogP contribution in [0.4, 0.5) is 0 Å². The van der Waals surface area contributed by atoms with Crippen LogP contribution in [0.25, 0.3) is 0 Å². The van der Waals surface area contributed by atoms with Crippen molar-refractivity contribution in [1.82, 2.24) is 0 Å². The van der Waals surface area contributed by atoms with Crippen molar-refractivity contribution in [1.29, 1.82) is 0 Å². The molecule has 0 aliphatic rings. The molecule has 0 spiro atoms. The fourth-order valence-corrected chi connectivity index (χ4v) is 4.27. The van der Waals surface area contributed by atoms with E-state index in [1.807, 2.05) is 0 Å². The predicted octanol–water partition coefficient (Wildman–Crippen LogP) is 8.05. The second kappa shape index (κ2) is 13.6. The number of allylic oxidation sites excluding steroid dienone is 3. The van der Waals surface area contributed by atoms with Gasteiger partial charge in [-0.1, -0.05) is 57.9 Å². The number of hydrogen-bond acceptors (Lipinski definition) is 1. The number of hydrogen-bond donors (Lipinski definition) is 0. The van der Waals surface area contributed by atoms with Gasteiger partial charge in [0.1, 0.15) is 0 Å². The molecule has 0 aliphatic carbocycles. The molecular weight excluding hydrogens is 320 g/mol. The molecule has 0 saturated heterocycles. The molecule has 1 heteroatoms. The third-order valence-corrected chi connectivity index (χ3v) is 6.20. The zero-order valence-corrected chi connectivity index (χ0v) is 19.0. The van der Waals surface area contributed by atoms with Gasteiger partial charge in [0.15, 0.2) is 0 Å². The Morgan fingerprint density at radius 1 is 1.12 bits per heavy atom. The monoisotopic (exact) mass is 362 g/mol. The molecule has 0 nitrogen and oxygen atoms in total. The van der Waals surface area contributed by atoms with Gasteiger partial charge in [-0.3, -0.25) is 0 Å². The molecular formula is C24H42S. The summed E-state index contributed by atoms with van der Waals surface area (Å²) in [6.07, 6.45) is 11.8. The highest BCUT2D eigenvalue weighted by Gasteiger charge is 2.26. The molecule has 0 rings (SSSR count). The maximum absolute atomic E-state index is 3.34. The van der Waals surface area contributed by atoms with Gasteiger partial charge in [-0.15, -0.1) is 11.8 Å². The fraction of sp³-hybridized carbons (Fsp3) is 0.750. The van der Waals surface area contributed by atoms with Gasteiger partial charge in [-0.2, -0.15) is 11.8 Å². The summed E-state index contributed by atoms with van der Waals surface area (Å²) in [6.45, 7) is 18.4. The maximum atomic E-state index is 3.34. The first kappa shape index (κ1) is 24.4. The van der Waals surface area contributed by atoms with Crippen LogP contribution in [0.15, 0.2) is 23.3 Å². The zero-order valence-electron chi connectivity index (χ0n) is 18.2. The molecule has 0 aromatic heterocycles. The van der Waals surface area contributed by atoms with Gasteiger partial charge in [0.05, 0.1) is 0 Å². The Morgan fingerprint density at radius 2 is 1.80 bits per heavy atom. The van der Waals surface area contributed by atoms with Crippen LogP contribution in [0.2, 0.25) is 0 Å². The second-order valence-electron chi connectivity index (χ2n) is 7.73. The van der Waals surface area contributed by atoms with Crippen molar-refractivity contribution < 1.29 is 0 Å². The van der Waals surface area contributed by atoms with Crippen LogP contribution in [-0.2, 0) is 0 Å². The molecule has 2 unspecified atom stereocenters. The molecule has 0 aromatic carbocycles. The van der Waals surface area contributed by atoms with Crippen molar-refractivity contribution in [3.63, 3.8) is 0 Å². The van der Waals surface area contributed by atoms with Gasteiger partial charge in [-0.25, -0.2) is 0 Å². The van der Waals surface area contributed by atoms with Crippen LogP contribution < -0.4 is 0 Å². The standard InChI is InChI=1S/C24H42S/c1-9-12-14-20(4)15-16-21(5)17-18-22(6)23(13-10-2)24(7,8)25-19-11-3/h13,17,20,22H,9-11,15-16,18-19H2,1-8H3/b21-17-,23-13+. The molecule has 0 saturated carbocycles. The lowest BCUT2D eigenvalue weighted by Crippen LogP contribution is -2.23. The Morgan fingerprint density at radius 3 is 2.36 bits per heavy atom. The van der Waals surface area contributed by atoms with Crippen molar-refractivity contribution in [3.05, 3.63) is 23.3 Å².